The molecule has 0 aliphatic rings. The lowest BCUT2D eigenvalue weighted by molar-refractivity contribution is 0.325. The first-order chi connectivity index (χ1) is 12.4. The van der Waals surface area contributed by atoms with Crippen LogP contribution in [-0.4, -0.2) is 36.9 Å². The predicted molar refractivity (Wildman–Crippen MR) is 101 cm³/mol. The first-order valence-electron chi connectivity index (χ1n) is 7.57. The second-order valence-electron chi connectivity index (χ2n) is 5.14. The van der Waals surface area contributed by atoms with Gasteiger partial charge in [0.15, 0.2) is 11.5 Å². The molecule has 1 N–H and O–H groups in total. The minimum atomic E-state index is -3.73. The molecule has 0 aliphatic heterocycles. The molecule has 2 aromatic carbocycles. The van der Waals surface area contributed by atoms with Crippen LogP contribution < -0.4 is 23.7 Å². The zero-order valence-corrected chi connectivity index (χ0v) is 15.8. The van der Waals surface area contributed by atoms with E-state index in [-0.39, 0.29) is 0 Å². The average molecular weight is 379 g/mol. The molecule has 0 bridgehead atoms. The number of sulfonamides is 1. The molecule has 26 heavy (non-hydrogen) atoms. The zero-order valence-electron chi connectivity index (χ0n) is 15.0. The van der Waals surface area contributed by atoms with Gasteiger partial charge in [-0.3, -0.25) is 4.72 Å². The fourth-order valence-electron chi connectivity index (χ4n) is 2.22. The average Bonchev–Trinajstić information content (AvgIpc) is 2.65. The third kappa shape index (κ3) is 4.82. The van der Waals surface area contributed by atoms with Crippen molar-refractivity contribution in [3.05, 3.63) is 47.4 Å². The van der Waals surface area contributed by atoms with Gasteiger partial charge < -0.3 is 18.9 Å². The second kappa shape index (κ2) is 8.48. The molecule has 0 fully saturated rings. The summed E-state index contributed by atoms with van der Waals surface area (Å²) >= 11 is 0. The number of rotatable bonds is 8. The monoisotopic (exact) mass is 379 g/mol. The zero-order chi connectivity index (χ0) is 19.2. The first kappa shape index (κ1) is 19.5. The van der Waals surface area contributed by atoms with Gasteiger partial charge in [-0.15, -0.1) is 0 Å². The smallest absolute Gasteiger partial charge is 0.255 e. The van der Waals surface area contributed by atoms with E-state index in [2.05, 4.69) is 4.72 Å². The van der Waals surface area contributed by atoms with Crippen LogP contribution in [-0.2, 0) is 10.0 Å². The van der Waals surface area contributed by atoms with Crippen molar-refractivity contribution in [2.75, 3.05) is 33.2 Å². The Bertz CT molecular complexity index is 850. The van der Waals surface area contributed by atoms with Crippen molar-refractivity contribution in [1.82, 2.24) is 0 Å². The van der Waals surface area contributed by atoms with E-state index < -0.39 is 10.0 Å². The van der Waals surface area contributed by atoms with Crippen LogP contribution in [0.25, 0.3) is 6.08 Å². The predicted octanol–water partition coefficient (Wildman–Crippen LogP) is 3.13. The summed E-state index contributed by atoms with van der Waals surface area (Å²) in [5.74, 6) is 1.78. The third-order valence-corrected chi connectivity index (χ3v) is 4.49. The first-order valence-corrected chi connectivity index (χ1v) is 9.12. The Morgan fingerprint density at radius 3 is 1.88 bits per heavy atom. The van der Waals surface area contributed by atoms with Crippen LogP contribution in [0.4, 0.5) is 5.69 Å². The standard InChI is InChI=1S/C18H21NO6S/c1-22-15-7-5-13(6-8-15)9-10-26(20,21)19-14-11-16(23-2)18(25-4)17(12-14)24-3/h5-12,19H,1-4H3/b10-9+. The van der Waals surface area contributed by atoms with Crippen LogP contribution in [0.5, 0.6) is 23.0 Å². The Hall–Kier alpha value is -2.87. The van der Waals surface area contributed by atoms with Crippen LogP contribution >= 0.6 is 0 Å². The maximum atomic E-state index is 12.3. The molecular weight excluding hydrogens is 358 g/mol. The van der Waals surface area contributed by atoms with Crippen molar-refractivity contribution in [2.45, 2.75) is 0 Å². The molecule has 0 aliphatic carbocycles. The van der Waals surface area contributed by atoms with E-state index in [1.807, 2.05) is 0 Å². The SMILES string of the molecule is COc1ccc(/C=C/S(=O)(=O)Nc2cc(OC)c(OC)c(OC)c2)cc1. The fraction of sp³-hybridized carbons (Fsp3) is 0.222. The summed E-state index contributed by atoms with van der Waals surface area (Å²) in [6.45, 7) is 0. The summed E-state index contributed by atoms with van der Waals surface area (Å²) in [4.78, 5) is 0. The second-order valence-corrected chi connectivity index (χ2v) is 6.70. The van der Waals surface area contributed by atoms with Gasteiger partial charge in [0, 0.05) is 12.1 Å². The van der Waals surface area contributed by atoms with Crippen molar-refractivity contribution in [2.24, 2.45) is 0 Å². The van der Waals surface area contributed by atoms with Crippen LogP contribution in [0, 0.1) is 0 Å². The Balaban J connectivity index is 2.23. The topological polar surface area (TPSA) is 83.1 Å². The molecule has 0 spiro atoms. The van der Waals surface area contributed by atoms with E-state index in [1.165, 1.54) is 39.5 Å². The number of methoxy groups -OCH3 is 4. The molecule has 0 heterocycles. The molecule has 0 unspecified atom stereocenters. The Morgan fingerprint density at radius 2 is 1.42 bits per heavy atom. The van der Waals surface area contributed by atoms with E-state index in [9.17, 15) is 8.42 Å². The lowest BCUT2D eigenvalue weighted by Gasteiger charge is -2.14. The van der Waals surface area contributed by atoms with E-state index >= 15 is 0 Å². The van der Waals surface area contributed by atoms with Gasteiger partial charge in [0.1, 0.15) is 5.75 Å². The molecule has 0 amide bonds. The highest BCUT2D eigenvalue weighted by molar-refractivity contribution is 7.95. The summed E-state index contributed by atoms with van der Waals surface area (Å²) in [5, 5.41) is 1.08. The van der Waals surface area contributed by atoms with Gasteiger partial charge in [0.05, 0.1) is 39.5 Å². The number of hydrogen-bond donors (Lipinski definition) is 1. The van der Waals surface area contributed by atoms with Gasteiger partial charge in [0.2, 0.25) is 5.75 Å². The normalized spacial score (nSPS) is 11.2. The summed E-state index contributed by atoms with van der Waals surface area (Å²) < 4.78 is 47.8. The highest BCUT2D eigenvalue weighted by Crippen LogP contribution is 2.40. The highest BCUT2D eigenvalue weighted by atomic mass is 32.2. The minimum absolute atomic E-state index is 0.291. The van der Waals surface area contributed by atoms with Gasteiger partial charge in [-0.1, -0.05) is 12.1 Å². The highest BCUT2D eigenvalue weighted by Gasteiger charge is 2.15. The van der Waals surface area contributed by atoms with Crippen molar-refractivity contribution < 1.29 is 27.4 Å². The van der Waals surface area contributed by atoms with Crippen molar-refractivity contribution in [3.63, 3.8) is 0 Å². The number of nitrogens with one attached hydrogen (secondary N) is 1. The lowest BCUT2D eigenvalue weighted by atomic mass is 10.2. The molecule has 8 heteroatoms. The van der Waals surface area contributed by atoms with Crippen molar-refractivity contribution in [1.29, 1.82) is 0 Å². The van der Waals surface area contributed by atoms with Gasteiger partial charge in [0.25, 0.3) is 10.0 Å². The molecule has 140 valence electrons. The molecule has 0 saturated heterocycles. The number of hydrogen-bond acceptors (Lipinski definition) is 6. The molecular formula is C18H21NO6S. The summed E-state index contributed by atoms with van der Waals surface area (Å²) in [7, 11) is 2.22. The van der Waals surface area contributed by atoms with E-state index in [0.29, 0.717) is 28.7 Å². The minimum Gasteiger partial charge on any atom is -0.497 e. The maximum Gasteiger partial charge on any atom is 0.255 e. The Labute approximate surface area is 153 Å². The molecule has 2 aromatic rings. The van der Waals surface area contributed by atoms with Gasteiger partial charge in [-0.2, -0.15) is 0 Å². The van der Waals surface area contributed by atoms with Crippen LogP contribution in [0.2, 0.25) is 0 Å². The number of benzene rings is 2. The van der Waals surface area contributed by atoms with Crippen molar-refractivity contribution in [3.8, 4) is 23.0 Å². The van der Waals surface area contributed by atoms with Crippen LogP contribution in [0.3, 0.4) is 0 Å². The number of anilines is 1. The molecule has 2 rings (SSSR count). The van der Waals surface area contributed by atoms with Gasteiger partial charge >= 0.3 is 0 Å². The summed E-state index contributed by atoms with van der Waals surface area (Å²) in [5.41, 5.74) is 1.01. The molecule has 7 nitrogen and oxygen atoms in total. The fourth-order valence-corrected chi connectivity index (χ4v) is 3.07. The Kier molecular flexibility index (Phi) is 6.35. The quantitative estimate of drug-likeness (QED) is 0.759. The maximum absolute atomic E-state index is 12.3. The lowest BCUT2D eigenvalue weighted by Crippen LogP contribution is -2.09. The van der Waals surface area contributed by atoms with Crippen molar-refractivity contribution >= 4 is 21.8 Å². The van der Waals surface area contributed by atoms with Gasteiger partial charge in [-0.25, -0.2) is 8.42 Å². The van der Waals surface area contributed by atoms with Crippen LogP contribution in [0.15, 0.2) is 41.8 Å². The molecule has 0 saturated carbocycles. The van der Waals surface area contributed by atoms with E-state index in [4.69, 9.17) is 18.9 Å². The van der Waals surface area contributed by atoms with E-state index in [0.717, 1.165) is 11.0 Å². The molecule has 0 atom stereocenters. The van der Waals surface area contributed by atoms with Gasteiger partial charge in [-0.05, 0) is 23.8 Å². The van der Waals surface area contributed by atoms with Crippen LogP contribution in [0.1, 0.15) is 5.56 Å². The van der Waals surface area contributed by atoms with E-state index in [1.54, 1.807) is 31.4 Å². The Morgan fingerprint density at radius 1 is 0.846 bits per heavy atom. The summed E-state index contributed by atoms with van der Waals surface area (Å²) in [6, 6.07) is 10.0. The summed E-state index contributed by atoms with van der Waals surface area (Å²) in [6.07, 6.45) is 1.49. The number of ether oxygens (including phenoxy) is 4. The molecule has 0 radical (unpaired) electrons. The molecule has 0 aromatic heterocycles. The largest absolute Gasteiger partial charge is 0.497 e. The third-order valence-electron chi connectivity index (χ3n) is 3.48.